The van der Waals surface area contributed by atoms with Crippen LogP contribution in [0.15, 0.2) is 18.2 Å². The molecule has 1 aromatic rings. The van der Waals surface area contributed by atoms with E-state index in [1.807, 2.05) is 7.05 Å². The number of halogens is 2. The van der Waals surface area contributed by atoms with Crippen molar-refractivity contribution in [3.05, 3.63) is 29.0 Å². The standard InChI is InChI=1S/C19H26ClFN4O3/c1-23-4-6-24(7-5-23)19(28)25-10-13(12-26)8-14(11-25)18(27)22-15-2-3-16(20)17(21)9-15/h2-3,9,13-14,26H,4-8,10-12H2,1H3,(H,22,27)/t13-,14+/m1/s1. The van der Waals surface area contributed by atoms with Crippen LogP contribution in [0.3, 0.4) is 0 Å². The maximum absolute atomic E-state index is 13.6. The van der Waals surface area contributed by atoms with Crippen LogP contribution >= 0.6 is 11.6 Å². The minimum Gasteiger partial charge on any atom is -0.396 e. The van der Waals surface area contributed by atoms with Gasteiger partial charge in [-0.15, -0.1) is 0 Å². The van der Waals surface area contributed by atoms with Crippen LogP contribution in [0.25, 0.3) is 0 Å². The Bertz CT molecular complexity index is 727. The molecule has 2 aliphatic heterocycles. The number of aliphatic hydroxyl groups is 1. The molecule has 1 aromatic carbocycles. The van der Waals surface area contributed by atoms with Gasteiger partial charge in [-0.2, -0.15) is 0 Å². The number of amides is 3. The number of piperidine rings is 1. The van der Waals surface area contributed by atoms with Gasteiger partial charge in [-0.3, -0.25) is 4.79 Å². The smallest absolute Gasteiger partial charge is 0.320 e. The number of hydrogen-bond donors (Lipinski definition) is 2. The second-order valence-electron chi connectivity index (χ2n) is 7.58. The number of urea groups is 1. The van der Waals surface area contributed by atoms with E-state index in [0.717, 1.165) is 13.1 Å². The zero-order chi connectivity index (χ0) is 20.3. The Balaban J connectivity index is 1.66. The van der Waals surface area contributed by atoms with E-state index in [-0.39, 0.29) is 36.0 Å². The molecule has 2 atom stereocenters. The highest BCUT2D eigenvalue weighted by Gasteiger charge is 2.35. The second-order valence-corrected chi connectivity index (χ2v) is 7.98. The fourth-order valence-electron chi connectivity index (χ4n) is 3.70. The van der Waals surface area contributed by atoms with Crippen molar-refractivity contribution in [2.75, 3.05) is 58.2 Å². The van der Waals surface area contributed by atoms with E-state index in [2.05, 4.69) is 10.2 Å². The topological polar surface area (TPSA) is 76.1 Å². The molecule has 2 fully saturated rings. The lowest BCUT2D eigenvalue weighted by atomic mass is 9.89. The lowest BCUT2D eigenvalue weighted by Crippen LogP contribution is -2.56. The van der Waals surface area contributed by atoms with E-state index in [0.29, 0.717) is 31.7 Å². The van der Waals surface area contributed by atoms with Crippen LogP contribution in [0, 0.1) is 17.7 Å². The number of piperazine rings is 1. The summed E-state index contributed by atoms with van der Waals surface area (Å²) in [6, 6.07) is 3.98. The first kappa shape index (κ1) is 20.8. The SMILES string of the molecule is CN1CCN(C(=O)N2C[C@H](CO)C[C@H](C(=O)Nc3ccc(Cl)c(F)c3)C2)CC1. The number of likely N-dealkylation sites (N-methyl/N-ethyl adjacent to an activating group) is 1. The highest BCUT2D eigenvalue weighted by molar-refractivity contribution is 6.30. The van der Waals surface area contributed by atoms with Crippen LogP contribution in [-0.4, -0.2) is 84.7 Å². The number of hydrogen-bond acceptors (Lipinski definition) is 4. The Morgan fingerprint density at radius 1 is 1.21 bits per heavy atom. The number of anilines is 1. The second kappa shape index (κ2) is 9.07. The Kier molecular flexibility index (Phi) is 6.74. The van der Waals surface area contributed by atoms with Crippen molar-refractivity contribution < 1.29 is 19.1 Å². The average Bonchev–Trinajstić information content (AvgIpc) is 2.70. The van der Waals surface area contributed by atoms with Crippen molar-refractivity contribution in [2.45, 2.75) is 6.42 Å². The summed E-state index contributed by atoms with van der Waals surface area (Å²) in [5, 5.41) is 12.3. The fourth-order valence-corrected chi connectivity index (χ4v) is 3.82. The number of carbonyl (C=O) groups is 2. The van der Waals surface area contributed by atoms with Gasteiger partial charge in [-0.05, 0) is 31.7 Å². The Morgan fingerprint density at radius 2 is 1.93 bits per heavy atom. The maximum atomic E-state index is 13.6. The Morgan fingerprint density at radius 3 is 2.57 bits per heavy atom. The van der Waals surface area contributed by atoms with Crippen molar-refractivity contribution in [3.63, 3.8) is 0 Å². The molecule has 0 aromatic heterocycles. The van der Waals surface area contributed by atoms with E-state index in [4.69, 9.17) is 11.6 Å². The molecule has 154 valence electrons. The molecule has 0 spiro atoms. The Labute approximate surface area is 169 Å². The number of benzene rings is 1. The van der Waals surface area contributed by atoms with Gasteiger partial charge < -0.3 is 25.1 Å². The zero-order valence-electron chi connectivity index (χ0n) is 15.9. The van der Waals surface area contributed by atoms with E-state index in [1.165, 1.54) is 18.2 Å². The molecule has 2 heterocycles. The Hall–Kier alpha value is -1.90. The van der Waals surface area contributed by atoms with Gasteiger partial charge in [-0.25, -0.2) is 9.18 Å². The summed E-state index contributed by atoms with van der Waals surface area (Å²) >= 11 is 5.67. The summed E-state index contributed by atoms with van der Waals surface area (Å²) < 4.78 is 13.6. The van der Waals surface area contributed by atoms with E-state index in [1.54, 1.807) is 9.80 Å². The van der Waals surface area contributed by atoms with Gasteiger partial charge in [0.15, 0.2) is 0 Å². The quantitative estimate of drug-likeness (QED) is 0.792. The van der Waals surface area contributed by atoms with Crippen LogP contribution in [-0.2, 0) is 4.79 Å². The van der Waals surface area contributed by atoms with E-state index >= 15 is 0 Å². The molecule has 0 bridgehead atoms. The summed E-state index contributed by atoms with van der Waals surface area (Å²) in [4.78, 5) is 31.2. The molecule has 3 amide bonds. The van der Waals surface area contributed by atoms with Crippen LogP contribution in [0.1, 0.15) is 6.42 Å². The van der Waals surface area contributed by atoms with Gasteiger partial charge in [0.05, 0.1) is 10.9 Å². The first-order valence-electron chi connectivity index (χ1n) is 9.46. The largest absolute Gasteiger partial charge is 0.396 e. The van der Waals surface area contributed by atoms with E-state index < -0.39 is 11.7 Å². The lowest BCUT2D eigenvalue weighted by Gasteiger charge is -2.41. The van der Waals surface area contributed by atoms with Crippen LogP contribution < -0.4 is 5.32 Å². The van der Waals surface area contributed by atoms with Gasteiger partial charge in [-0.1, -0.05) is 11.6 Å². The molecule has 7 nitrogen and oxygen atoms in total. The molecular weight excluding hydrogens is 387 g/mol. The van der Waals surface area contributed by atoms with Crippen molar-refractivity contribution in [1.82, 2.24) is 14.7 Å². The molecule has 2 saturated heterocycles. The van der Waals surface area contributed by atoms with Crippen molar-refractivity contribution in [1.29, 1.82) is 0 Å². The zero-order valence-corrected chi connectivity index (χ0v) is 16.7. The summed E-state index contributed by atoms with van der Waals surface area (Å²) in [6.07, 6.45) is 0.477. The van der Waals surface area contributed by atoms with Crippen molar-refractivity contribution in [3.8, 4) is 0 Å². The van der Waals surface area contributed by atoms with Crippen LogP contribution in [0.2, 0.25) is 5.02 Å². The third-order valence-electron chi connectivity index (χ3n) is 5.40. The number of rotatable bonds is 3. The number of nitrogens with one attached hydrogen (secondary N) is 1. The normalized spacial score (nSPS) is 23.6. The van der Waals surface area contributed by atoms with E-state index in [9.17, 15) is 19.1 Å². The van der Waals surface area contributed by atoms with Crippen LogP contribution in [0.5, 0.6) is 0 Å². The van der Waals surface area contributed by atoms with Crippen LogP contribution in [0.4, 0.5) is 14.9 Å². The monoisotopic (exact) mass is 412 g/mol. The summed E-state index contributed by atoms with van der Waals surface area (Å²) in [6.45, 7) is 3.55. The molecule has 9 heteroatoms. The third-order valence-corrected chi connectivity index (χ3v) is 5.70. The first-order chi connectivity index (χ1) is 13.4. The molecule has 28 heavy (non-hydrogen) atoms. The molecule has 0 saturated carbocycles. The maximum Gasteiger partial charge on any atom is 0.320 e. The number of aliphatic hydroxyl groups excluding tert-OH is 1. The molecule has 0 aliphatic carbocycles. The number of likely N-dealkylation sites (tertiary alicyclic amines) is 1. The molecule has 0 radical (unpaired) electrons. The highest BCUT2D eigenvalue weighted by atomic mass is 35.5. The van der Waals surface area contributed by atoms with Gasteiger partial charge in [0.2, 0.25) is 5.91 Å². The minimum atomic E-state index is -0.608. The molecule has 2 aliphatic rings. The van der Waals surface area contributed by atoms with Gasteiger partial charge >= 0.3 is 6.03 Å². The molecule has 0 unspecified atom stereocenters. The average molecular weight is 413 g/mol. The van der Waals surface area contributed by atoms with Crippen molar-refractivity contribution >= 4 is 29.2 Å². The fraction of sp³-hybridized carbons (Fsp3) is 0.579. The molecule has 3 rings (SSSR count). The first-order valence-corrected chi connectivity index (χ1v) is 9.84. The summed E-state index contributed by atoms with van der Waals surface area (Å²) in [7, 11) is 2.02. The van der Waals surface area contributed by atoms with Gasteiger partial charge in [0.25, 0.3) is 0 Å². The molecular formula is C19H26ClFN4O3. The lowest BCUT2D eigenvalue weighted by molar-refractivity contribution is -0.122. The predicted molar refractivity (Wildman–Crippen MR) is 105 cm³/mol. The van der Waals surface area contributed by atoms with Crippen molar-refractivity contribution in [2.24, 2.45) is 11.8 Å². The number of carbonyl (C=O) groups excluding carboxylic acids is 2. The number of nitrogens with zero attached hydrogens (tertiary/aromatic N) is 3. The van der Waals surface area contributed by atoms with Gasteiger partial charge in [0, 0.05) is 57.5 Å². The highest BCUT2D eigenvalue weighted by Crippen LogP contribution is 2.25. The summed E-state index contributed by atoms with van der Waals surface area (Å²) in [5.41, 5.74) is 0.315. The van der Waals surface area contributed by atoms with Gasteiger partial charge in [0.1, 0.15) is 5.82 Å². The third kappa shape index (κ3) is 4.92. The minimum absolute atomic E-state index is 0.0139. The molecule has 2 N–H and O–H groups in total. The summed E-state index contributed by atoms with van der Waals surface area (Å²) in [5.74, 6) is -1.54. The predicted octanol–water partition coefficient (Wildman–Crippen LogP) is 1.72.